The van der Waals surface area contributed by atoms with Gasteiger partial charge in [-0.05, 0) is 31.9 Å². The van der Waals surface area contributed by atoms with Gasteiger partial charge < -0.3 is 9.47 Å². The molecule has 1 aromatic rings. The fraction of sp³-hybridized carbons (Fsp3) is 0.462. The van der Waals surface area contributed by atoms with E-state index < -0.39 is 4.92 Å². The number of nitro benzene ring substituents is 1. The highest BCUT2D eigenvalue weighted by atomic mass is 16.6. The number of ether oxygens (including phenoxy) is 2. The molecule has 1 aromatic carbocycles. The Morgan fingerprint density at radius 3 is 2.79 bits per heavy atom. The molecule has 0 spiro atoms. The number of hydrogen-bond donors (Lipinski definition) is 0. The number of nitro groups is 1. The summed E-state index contributed by atoms with van der Waals surface area (Å²) < 4.78 is 10.1. The third-order valence-corrected chi connectivity index (χ3v) is 2.40. The van der Waals surface area contributed by atoms with Gasteiger partial charge in [0.1, 0.15) is 0 Å². The van der Waals surface area contributed by atoms with Crippen LogP contribution in [0.3, 0.4) is 0 Å². The van der Waals surface area contributed by atoms with Crippen LogP contribution in [0.2, 0.25) is 0 Å². The van der Waals surface area contributed by atoms with Crippen LogP contribution in [0.1, 0.15) is 25.3 Å². The molecule has 19 heavy (non-hydrogen) atoms. The smallest absolute Gasteiger partial charge is 0.310 e. The second-order valence-corrected chi connectivity index (χ2v) is 3.99. The van der Waals surface area contributed by atoms with Gasteiger partial charge in [0.2, 0.25) is 0 Å². The molecule has 0 radical (unpaired) electrons. The van der Waals surface area contributed by atoms with Crippen molar-refractivity contribution in [1.29, 1.82) is 0 Å². The van der Waals surface area contributed by atoms with Crippen LogP contribution in [0, 0.1) is 17.0 Å². The molecule has 104 valence electrons. The zero-order chi connectivity index (χ0) is 14.3. The Morgan fingerprint density at radius 2 is 2.16 bits per heavy atom. The summed E-state index contributed by atoms with van der Waals surface area (Å²) in [5.74, 6) is -0.0568. The molecule has 0 aliphatic heterocycles. The largest absolute Gasteiger partial charge is 0.487 e. The van der Waals surface area contributed by atoms with E-state index in [1.165, 1.54) is 6.07 Å². The molecule has 0 fully saturated rings. The molecular weight excluding hydrogens is 250 g/mol. The van der Waals surface area contributed by atoms with Gasteiger partial charge in [-0.1, -0.05) is 6.07 Å². The fourth-order valence-electron chi connectivity index (χ4n) is 1.52. The van der Waals surface area contributed by atoms with Crippen LogP contribution in [0.4, 0.5) is 5.69 Å². The lowest BCUT2D eigenvalue weighted by molar-refractivity contribution is -0.385. The zero-order valence-corrected chi connectivity index (χ0v) is 11.0. The van der Waals surface area contributed by atoms with Crippen molar-refractivity contribution in [2.45, 2.75) is 26.7 Å². The minimum Gasteiger partial charge on any atom is -0.487 e. The van der Waals surface area contributed by atoms with E-state index in [0.29, 0.717) is 13.0 Å². The lowest BCUT2D eigenvalue weighted by atomic mass is 10.2. The molecule has 6 heteroatoms. The van der Waals surface area contributed by atoms with Gasteiger partial charge >= 0.3 is 11.7 Å². The van der Waals surface area contributed by atoms with E-state index >= 15 is 0 Å². The second-order valence-electron chi connectivity index (χ2n) is 3.99. The van der Waals surface area contributed by atoms with Crippen LogP contribution >= 0.6 is 0 Å². The molecule has 0 amide bonds. The van der Waals surface area contributed by atoms with Gasteiger partial charge in [0.15, 0.2) is 5.75 Å². The minimum absolute atomic E-state index is 0.0678. The molecule has 6 nitrogen and oxygen atoms in total. The standard InChI is InChI=1S/C13H17NO5/c1-3-18-13(15)5-4-8-19-12-9-10(2)6-7-11(12)14(16)17/h6-7,9H,3-5,8H2,1-2H3. The highest BCUT2D eigenvalue weighted by Crippen LogP contribution is 2.27. The lowest BCUT2D eigenvalue weighted by Crippen LogP contribution is -2.07. The van der Waals surface area contributed by atoms with Gasteiger partial charge in [0, 0.05) is 12.5 Å². The highest BCUT2D eigenvalue weighted by molar-refractivity contribution is 5.69. The van der Waals surface area contributed by atoms with Crippen molar-refractivity contribution < 1.29 is 19.2 Å². The van der Waals surface area contributed by atoms with Gasteiger partial charge in [-0.15, -0.1) is 0 Å². The molecular formula is C13H17NO5. The summed E-state index contributed by atoms with van der Waals surface area (Å²) in [5.41, 5.74) is 0.813. The van der Waals surface area contributed by atoms with Crippen LogP contribution in [0.25, 0.3) is 0 Å². The van der Waals surface area contributed by atoms with Crippen LogP contribution in [0.15, 0.2) is 18.2 Å². The third-order valence-electron chi connectivity index (χ3n) is 2.40. The quantitative estimate of drug-likeness (QED) is 0.328. The number of aryl methyl sites for hydroxylation is 1. The minimum atomic E-state index is -0.486. The monoisotopic (exact) mass is 267 g/mol. The maximum absolute atomic E-state index is 11.1. The first kappa shape index (κ1) is 14.9. The molecule has 1 rings (SSSR count). The highest BCUT2D eigenvalue weighted by Gasteiger charge is 2.14. The Balaban J connectivity index is 2.51. The van der Waals surface area contributed by atoms with Crippen molar-refractivity contribution in [3.8, 4) is 5.75 Å². The molecule has 0 atom stereocenters. The number of rotatable bonds is 7. The summed E-state index contributed by atoms with van der Waals surface area (Å²) in [5, 5.41) is 10.8. The van der Waals surface area contributed by atoms with Crippen LogP contribution in [-0.2, 0) is 9.53 Å². The maximum Gasteiger partial charge on any atom is 0.310 e. The fourth-order valence-corrected chi connectivity index (χ4v) is 1.52. The topological polar surface area (TPSA) is 78.7 Å². The first-order chi connectivity index (χ1) is 9.04. The van der Waals surface area contributed by atoms with Crippen LogP contribution in [0.5, 0.6) is 5.75 Å². The first-order valence-electron chi connectivity index (χ1n) is 6.08. The Morgan fingerprint density at radius 1 is 1.42 bits per heavy atom. The Kier molecular flexibility index (Phi) is 5.78. The van der Waals surface area contributed by atoms with Gasteiger partial charge in [-0.3, -0.25) is 14.9 Å². The van der Waals surface area contributed by atoms with Crippen molar-refractivity contribution in [2.75, 3.05) is 13.2 Å². The number of carbonyl (C=O) groups is 1. The zero-order valence-electron chi connectivity index (χ0n) is 11.0. The summed E-state index contributed by atoms with van der Waals surface area (Å²) in [6.45, 7) is 4.16. The van der Waals surface area contributed by atoms with E-state index in [1.54, 1.807) is 19.1 Å². The van der Waals surface area contributed by atoms with E-state index in [2.05, 4.69) is 0 Å². The van der Waals surface area contributed by atoms with E-state index in [-0.39, 0.29) is 30.4 Å². The summed E-state index contributed by atoms with van der Waals surface area (Å²) in [6.07, 6.45) is 0.706. The van der Waals surface area contributed by atoms with Crippen molar-refractivity contribution in [2.24, 2.45) is 0 Å². The number of benzene rings is 1. The van der Waals surface area contributed by atoms with Crippen LogP contribution < -0.4 is 4.74 Å². The molecule has 0 N–H and O–H groups in total. The predicted octanol–water partition coefficient (Wildman–Crippen LogP) is 2.63. The Hall–Kier alpha value is -2.11. The Bertz CT molecular complexity index is 458. The molecule has 0 unspecified atom stereocenters. The van der Waals surface area contributed by atoms with Gasteiger partial charge in [0.25, 0.3) is 0 Å². The number of nitrogens with zero attached hydrogens (tertiary/aromatic N) is 1. The molecule has 0 saturated carbocycles. The maximum atomic E-state index is 11.1. The average molecular weight is 267 g/mol. The van der Waals surface area contributed by atoms with E-state index in [0.717, 1.165) is 5.56 Å². The molecule has 0 heterocycles. The van der Waals surface area contributed by atoms with Gasteiger partial charge in [0.05, 0.1) is 18.1 Å². The van der Waals surface area contributed by atoms with Crippen molar-refractivity contribution in [1.82, 2.24) is 0 Å². The summed E-state index contributed by atoms with van der Waals surface area (Å²) in [7, 11) is 0. The van der Waals surface area contributed by atoms with E-state index in [4.69, 9.17) is 9.47 Å². The van der Waals surface area contributed by atoms with Crippen molar-refractivity contribution >= 4 is 11.7 Å². The first-order valence-corrected chi connectivity index (χ1v) is 6.08. The molecule has 0 aliphatic carbocycles. The summed E-state index contributed by atoms with van der Waals surface area (Å²) in [6, 6.07) is 4.68. The second kappa shape index (κ2) is 7.35. The average Bonchev–Trinajstić information content (AvgIpc) is 2.34. The molecule has 0 bridgehead atoms. The molecule has 0 aromatic heterocycles. The Labute approximate surface area is 111 Å². The lowest BCUT2D eigenvalue weighted by Gasteiger charge is -2.07. The van der Waals surface area contributed by atoms with E-state index in [9.17, 15) is 14.9 Å². The number of carbonyl (C=O) groups excluding carboxylic acids is 1. The van der Waals surface area contributed by atoms with Crippen molar-refractivity contribution in [3.05, 3.63) is 33.9 Å². The predicted molar refractivity (Wildman–Crippen MR) is 69.2 cm³/mol. The third kappa shape index (κ3) is 4.95. The molecule has 0 aliphatic rings. The van der Waals surface area contributed by atoms with Crippen LogP contribution in [-0.4, -0.2) is 24.1 Å². The normalized spacial score (nSPS) is 10.0. The van der Waals surface area contributed by atoms with Gasteiger partial charge in [-0.25, -0.2) is 0 Å². The molecule has 0 saturated heterocycles. The van der Waals surface area contributed by atoms with Gasteiger partial charge in [-0.2, -0.15) is 0 Å². The number of esters is 1. The summed E-state index contributed by atoms with van der Waals surface area (Å²) in [4.78, 5) is 21.4. The summed E-state index contributed by atoms with van der Waals surface area (Å²) >= 11 is 0. The SMILES string of the molecule is CCOC(=O)CCCOc1cc(C)ccc1[N+](=O)[O-]. The number of hydrogen-bond acceptors (Lipinski definition) is 5. The van der Waals surface area contributed by atoms with Crippen molar-refractivity contribution in [3.63, 3.8) is 0 Å². The van der Waals surface area contributed by atoms with E-state index in [1.807, 2.05) is 6.92 Å².